The number of carbonyl (C=O) groups excluding carboxylic acids is 1. The maximum atomic E-state index is 12.0. The van der Waals surface area contributed by atoms with E-state index in [-0.39, 0.29) is 11.5 Å². The van der Waals surface area contributed by atoms with Gasteiger partial charge in [-0.25, -0.2) is 0 Å². The van der Waals surface area contributed by atoms with Gasteiger partial charge in [-0.3, -0.25) is 14.9 Å². The van der Waals surface area contributed by atoms with Gasteiger partial charge in [0, 0.05) is 23.2 Å². The number of nitrogens with zero attached hydrogens (tertiary/aromatic N) is 1. The van der Waals surface area contributed by atoms with Crippen LogP contribution in [0.1, 0.15) is 15.9 Å². The van der Waals surface area contributed by atoms with Crippen LogP contribution in [0.2, 0.25) is 0 Å². The van der Waals surface area contributed by atoms with E-state index >= 15 is 0 Å². The minimum atomic E-state index is -0.459. The summed E-state index contributed by atoms with van der Waals surface area (Å²) in [5.74, 6) is -0.159. The topological polar surface area (TPSA) is 72.2 Å². The molecule has 5 nitrogen and oxygen atoms in total. The second-order valence-corrected chi connectivity index (χ2v) is 5.40. The first-order chi connectivity index (χ1) is 10.5. The highest BCUT2D eigenvalue weighted by atomic mass is 79.9. The van der Waals surface area contributed by atoms with Crippen molar-refractivity contribution in [2.75, 3.05) is 12.4 Å². The fourth-order valence-electron chi connectivity index (χ4n) is 1.90. The molecule has 0 aromatic heterocycles. The normalized spacial score (nSPS) is 10.6. The third kappa shape index (κ3) is 3.79. The lowest BCUT2D eigenvalue weighted by molar-refractivity contribution is -0.383. The van der Waals surface area contributed by atoms with Crippen molar-refractivity contribution in [3.8, 4) is 0 Å². The Morgan fingerprint density at radius 1 is 1.23 bits per heavy atom. The average Bonchev–Trinajstić information content (AvgIpc) is 2.53. The van der Waals surface area contributed by atoms with Gasteiger partial charge >= 0.3 is 0 Å². The van der Waals surface area contributed by atoms with Crippen LogP contribution in [0.5, 0.6) is 0 Å². The summed E-state index contributed by atoms with van der Waals surface area (Å²) in [4.78, 5) is 22.6. The highest BCUT2D eigenvalue weighted by molar-refractivity contribution is 9.10. The number of anilines is 1. The molecule has 112 valence electrons. The van der Waals surface area contributed by atoms with Crippen molar-refractivity contribution >= 4 is 39.2 Å². The number of benzene rings is 2. The van der Waals surface area contributed by atoms with Gasteiger partial charge in [-0.15, -0.1) is 0 Å². The first-order valence-electron chi connectivity index (χ1n) is 6.45. The third-order valence-electron chi connectivity index (χ3n) is 3.04. The molecule has 0 amide bonds. The van der Waals surface area contributed by atoms with Gasteiger partial charge in [-0.2, -0.15) is 0 Å². The number of halogens is 1. The molecule has 0 aliphatic carbocycles. The molecule has 0 unspecified atom stereocenters. The van der Waals surface area contributed by atoms with Crippen LogP contribution in [-0.4, -0.2) is 17.8 Å². The number of allylic oxidation sites excluding steroid dienone is 1. The van der Waals surface area contributed by atoms with E-state index < -0.39 is 4.92 Å². The summed E-state index contributed by atoms with van der Waals surface area (Å²) in [7, 11) is 1.62. The first-order valence-corrected chi connectivity index (χ1v) is 7.24. The lowest BCUT2D eigenvalue weighted by Crippen LogP contribution is -1.97. The average molecular weight is 361 g/mol. The molecule has 22 heavy (non-hydrogen) atoms. The van der Waals surface area contributed by atoms with Crippen molar-refractivity contribution in [3.63, 3.8) is 0 Å². The van der Waals surface area contributed by atoms with E-state index in [0.29, 0.717) is 16.8 Å². The van der Waals surface area contributed by atoms with Gasteiger partial charge in [0.2, 0.25) is 0 Å². The fourth-order valence-corrected chi connectivity index (χ4v) is 2.16. The van der Waals surface area contributed by atoms with E-state index in [9.17, 15) is 14.9 Å². The smallest absolute Gasteiger partial charge is 0.292 e. The van der Waals surface area contributed by atoms with Crippen molar-refractivity contribution in [3.05, 3.63) is 74.3 Å². The molecule has 1 N–H and O–H groups in total. The number of nitro benzene ring substituents is 1. The lowest BCUT2D eigenvalue weighted by Gasteiger charge is -2.02. The number of hydrogen-bond acceptors (Lipinski definition) is 4. The van der Waals surface area contributed by atoms with Crippen molar-refractivity contribution < 1.29 is 9.72 Å². The summed E-state index contributed by atoms with van der Waals surface area (Å²) < 4.78 is 0.895. The molecule has 0 spiro atoms. The van der Waals surface area contributed by atoms with Gasteiger partial charge in [-0.05, 0) is 42.0 Å². The van der Waals surface area contributed by atoms with Gasteiger partial charge in [0.15, 0.2) is 5.78 Å². The van der Waals surface area contributed by atoms with Crippen molar-refractivity contribution in [1.29, 1.82) is 0 Å². The zero-order valence-electron chi connectivity index (χ0n) is 11.7. The zero-order chi connectivity index (χ0) is 16.1. The van der Waals surface area contributed by atoms with E-state index in [1.165, 1.54) is 12.1 Å². The Hall–Kier alpha value is -2.47. The summed E-state index contributed by atoms with van der Waals surface area (Å²) in [5.41, 5.74) is 1.55. The van der Waals surface area contributed by atoms with Crippen LogP contribution in [0.3, 0.4) is 0 Å². The van der Waals surface area contributed by atoms with Gasteiger partial charge in [0.25, 0.3) is 5.69 Å². The lowest BCUT2D eigenvalue weighted by atomic mass is 10.1. The van der Waals surface area contributed by atoms with Gasteiger partial charge in [0.05, 0.1) is 4.92 Å². The van der Waals surface area contributed by atoms with Crippen LogP contribution in [-0.2, 0) is 0 Å². The summed E-state index contributed by atoms with van der Waals surface area (Å²) >= 11 is 3.31. The molecule has 0 fully saturated rings. The van der Waals surface area contributed by atoms with E-state index in [2.05, 4.69) is 21.2 Å². The SMILES string of the molecule is CNc1ccc(/C=C/C(=O)c2ccc(Br)cc2)cc1[N+](=O)[O-]. The Morgan fingerprint density at radius 3 is 2.50 bits per heavy atom. The van der Waals surface area contributed by atoms with Crippen molar-refractivity contribution in [2.24, 2.45) is 0 Å². The van der Waals surface area contributed by atoms with Crippen LogP contribution >= 0.6 is 15.9 Å². The maximum Gasteiger partial charge on any atom is 0.292 e. The number of rotatable bonds is 5. The van der Waals surface area contributed by atoms with Crippen LogP contribution in [0.4, 0.5) is 11.4 Å². The second-order valence-electron chi connectivity index (χ2n) is 4.49. The molecule has 2 rings (SSSR count). The number of ketones is 1. The molecule has 0 aliphatic heterocycles. The van der Waals surface area contributed by atoms with Crippen LogP contribution < -0.4 is 5.32 Å². The molecule has 0 saturated heterocycles. The van der Waals surface area contributed by atoms with Gasteiger partial charge < -0.3 is 5.32 Å². The molecule has 0 aliphatic rings. The number of nitrogens with one attached hydrogen (secondary N) is 1. The Kier molecular flexibility index (Phi) is 5.06. The van der Waals surface area contributed by atoms with Crippen LogP contribution in [0.15, 0.2) is 53.0 Å². The molecule has 2 aromatic carbocycles. The molecule has 2 aromatic rings. The monoisotopic (exact) mass is 360 g/mol. The highest BCUT2D eigenvalue weighted by Gasteiger charge is 2.12. The largest absolute Gasteiger partial charge is 0.383 e. The molecular formula is C16H13BrN2O3. The van der Waals surface area contributed by atoms with E-state index in [4.69, 9.17) is 0 Å². The molecular weight excluding hydrogens is 348 g/mol. The minimum absolute atomic E-state index is 0.0271. The van der Waals surface area contributed by atoms with Crippen LogP contribution in [0, 0.1) is 10.1 Å². The van der Waals surface area contributed by atoms with Gasteiger partial charge in [0.1, 0.15) is 5.69 Å². The predicted octanol–water partition coefficient (Wildman–Crippen LogP) is 4.30. The standard InChI is InChI=1S/C16H13BrN2O3/c1-18-14-8-2-11(10-15(14)19(21)22)3-9-16(20)12-4-6-13(17)7-5-12/h2-10,18H,1H3/b9-3+. The molecule has 0 bridgehead atoms. The Bertz CT molecular complexity index is 740. The Labute approximate surface area is 135 Å². The van der Waals surface area contributed by atoms with Gasteiger partial charge in [-0.1, -0.05) is 28.1 Å². The summed E-state index contributed by atoms with van der Waals surface area (Å²) in [5, 5.41) is 13.8. The highest BCUT2D eigenvalue weighted by Crippen LogP contribution is 2.25. The van der Waals surface area contributed by atoms with E-state index in [1.807, 2.05) is 0 Å². The Balaban J connectivity index is 2.22. The quantitative estimate of drug-likeness (QED) is 0.373. The molecule has 0 radical (unpaired) electrons. The fraction of sp³-hybridized carbons (Fsp3) is 0.0625. The minimum Gasteiger partial charge on any atom is -0.383 e. The maximum absolute atomic E-state index is 12.0. The zero-order valence-corrected chi connectivity index (χ0v) is 13.3. The summed E-state index contributed by atoms with van der Waals surface area (Å²) in [6.45, 7) is 0. The molecule has 0 heterocycles. The predicted molar refractivity (Wildman–Crippen MR) is 90.1 cm³/mol. The summed E-state index contributed by atoms with van der Waals surface area (Å²) in [6.07, 6.45) is 2.97. The second kappa shape index (κ2) is 7.00. The molecule has 0 atom stereocenters. The Morgan fingerprint density at radius 2 is 1.91 bits per heavy atom. The number of nitro groups is 1. The van der Waals surface area contributed by atoms with E-state index in [0.717, 1.165) is 4.47 Å². The number of carbonyl (C=O) groups is 1. The van der Waals surface area contributed by atoms with Crippen LogP contribution in [0.25, 0.3) is 6.08 Å². The third-order valence-corrected chi connectivity index (χ3v) is 3.57. The molecule has 0 saturated carbocycles. The van der Waals surface area contributed by atoms with E-state index in [1.54, 1.807) is 49.5 Å². The van der Waals surface area contributed by atoms with Crippen molar-refractivity contribution in [1.82, 2.24) is 0 Å². The molecule has 6 heteroatoms. The van der Waals surface area contributed by atoms with Crippen molar-refractivity contribution in [2.45, 2.75) is 0 Å². The first kappa shape index (κ1) is 15.9. The number of hydrogen-bond donors (Lipinski definition) is 1. The summed E-state index contributed by atoms with van der Waals surface area (Å²) in [6, 6.07) is 11.7.